The van der Waals surface area contributed by atoms with Gasteiger partial charge in [0, 0.05) is 45.5 Å². The van der Waals surface area contributed by atoms with Crippen LogP contribution in [0.4, 0.5) is 0 Å². The first-order valence-corrected chi connectivity index (χ1v) is 9.09. The van der Waals surface area contributed by atoms with Gasteiger partial charge >= 0.3 is 0 Å². The minimum absolute atomic E-state index is 0.0534. The molecule has 1 amide bonds. The van der Waals surface area contributed by atoms with Crippen LogP contribution in [0.5, 0.6) is 0 Å². The van der Waals surface area contributed by atoms with E-state index in [0.29, 0.717) is 18.7 Å². The summed E-state index contributed by atoms with van der Waals surface area (Å²) in [6, 6.07) is 7.59. The van der Waals surface area contributed by atoms with Gasteiger partial charge in [-0.1, -0.05) is 12.1 Å². The van der Waals surface area contributed by atoms with Crippen molar-refractivity contribution >= 4 is 11.9 Å². The molecule has 146 valence electrons. The second-order valence-electron chi connectivity index (χ2n) is 6.23. The van der Waals surface area contributed by atoms with E-state index in [-0.39, 0.29) is 5.91 Å². The Hall–Kier alpha value is -2.12. The molecule has 0 spiro atoms. The van der Waals surface area contributed by atoms with Gasteiger partial charge in [0.15, 0.2) is 5.96 Å². The molecule has 1 rings (SSSR count). The van der Waals surface area contributed by atoms with Crippen LogP contribution in [0.3, 0.4) is 0 Å². The molecule has 7 heteroatoms. The minimum atomic E-state index is -0.0534. The molecule has 1 aromatic rings. The van der Waals surface area contributed by atoms with Crippen LogP contribution >= 0.6 is 0 Å². The van der Waals surface area contributed by atoms with Gasteiger partial charge in [-0.25, -0.2) is 4.99 Å². The van der Waals surface area contributed by atoms with Crippen molar-refractivity contribution < 1.29 is 9.53 Å². The third-order valence-electron chi connectivity index (χ3n) is 3.62. The van der Waals surface area contributed by atoms with Crippen LogP contribution in [0.2, 0.25) is 0 Å². The number of aliphatic imine (C=N–C) groups is 1. The smallest absolute Gasteiger partial charge is 0.251 e. The van der Waals surface area contributed by atoms with Gasteiger partial charge in [0.1, 0.15) is 0 Å². The summed E-state index contributed by atoms with van der Waals surface area (Å²) in [6.07, 6.45) is 0.920. The van der Waals surface area contributed by atoms with Crippen LogP contribution in [0.25, 0.3) is 0 Å². The van der Waals surface area contributed by atoms with Crippen LogP contribution in [-0.2, 0) is 11.3 Å². The molecule has 0 aliphatic rings. The van der Waals surface area contributed by atoms with Crippen molar-refractivity contribution in [1.82, 2.24) is 20.9 Å². The maximum absolute atomic E-state index is 12.2. The average Bonchev–Trinajstić information content (AvgIpc) is 2.63. The summed E-state index contributed by atoms with van der Waals surface area (Å²) in [5, 5.41) is 9.43. The Labute approximate surface area is 157 Å². The summed E-state index contributed by atoms with van der Waals surface area (Å²) in [5.41, 5.74) is 1.66. The molecule has 0 aromatic heterocycles. The lowest BCUT2D eigenvalue weighted by Gasteiger charge is -2.12. The molecular formula is C19H33N5O2. The Morgan fingerprint density at radius 2 is 2.00 bits per heavy atom. The third-order valence-corrected chi connectivity index (χ3v) is 3.62. The van der Waals surface area contributed by atoms with E-state index in [1.54, 1.807) is 7.11 Å². The molecule has 0 saturated heterocycles. The number of benzene rings is 1. The maximum Gasteiger partial charge on any atom is 0.251 e. The van der Waals surface area contributed by atoms with Crippen molar-refractivity contribution in [2.24, 2.45) is 4.99 Å². The Bertz CT molecular complexity index is 561. The van der Waals surface area contributed by atoms with Crippen LogP contribution in [0, 0.1) is 0 Å². The molecule has 0 aliphatic carbocycles. The Kier molecular flexibility index (Phi) is 11.1. The molecule has 0 aliphatic heterocycles. The van der Waals surface area contributed by atoms with E-state index in [1.807, 2.05) is 50.2 Å². The molecule has 26 heavy (non-hydrogen) atoms. The molecule has 0 unspecified atom stereocenters. The Morgan fingerprint density at radius 1 is 1.19 bits per heavy atom. The number of methoxy groups -OCH3 is 1. The molecule has 0 bridgehead atoms. The zero-order valence-corrected chi connectivity index (χ0v) is 16.5. The van der Waals surface area contributed by atoms with Crippen LogP contribution in [0.1, 0.15) is 29.3 Å². The third kappa shape index (κ3) is 9.39. The lowest BCUT2D eigenvalue weighted by atomic mass is 10.1. The van der Waals surface area contributed by atoms with Gasteiger partial charge in [-0.05, 0) is 45.1 Å². The lowest BCUT2D eigenvalue weighted by Crippen LogP contribution is -2.38. The number of hydrogen-bond acceptors (Lipinski definition) is 4. The molecule has 7 nitrogen and oxygen atoms in total. The van der Waals surface area contributed by atoms with Gasteiger partial charge in [-0.3, -0.25) is 4.79 Å². The first-order chi connectivity index (χ1) is 12.6. The standard InChI is InChI=1S/C19H33N5O2/c1-5-20-19(22-10-7-13-26-4)23-15-16-8-6-9-17(14-16)18(25)21-11-12-24(2)3/h6,8-9,14H,5,7,10-13,15H2,1-4H3,(H,21,25)(H2,20,22,23). The number of ether oxygens (including phenoxy) is 1. The highest BCUT2D eigenvalue weighted by atomic mass is 16.5. The van der Waals surface area contributed by atoms with Crippen molar-refractivity contribution in [3.63, 3.8) is 0 Å². The SMILES string of the molecule is CCNC(=NCc1cccc(C(=O)NCCN(C)C)c1)NCCCOC. The minimum Gasteiger partial charge on any atom is -0.385 e. The number of likely N-dealkylation sites (N-methyl/N-ethyl adjacent to an activating group) is 1. The molecule has 1 aromatic carbocycles. The number of hydrogen-bond donors (Lipinski definition) is 3. The highest BCUT2D eigenvalue weighted by Gasteiger charge is 2.06. The Morgan fingerprint density at radius 3 is 2.69 bits per heavy atom. The highest BCUT2D eigenvalue weighted by molar-refractivity contribution is 5.94. The summed E-state index contributed by atoms with van der Waals surface area (Å²) in [6.45, 7) is 6.31. The second-order valence-corrected chi connectivity index (χ2v) is 6.23. The lowest BCUT2D eigenvalue weighted by molar-refractivity contribution is 0.0951. The van der Waals surface area contributed by atoms with E-state index < -0.39 is 0 Å². The molecule has 0 heterocycles. The molecule has 3 N–H and O–H groups in total. The van der Waals surface area contributed by atoms with Crippen LogP contribution in [0.15, 0.2) is 29.3 Å². The molecule has 0 radical (unpaired) electrons. The molecule has 0 atom stereocenters. The van der Waals surface area contributed by atoms with Gasteiger partial charge in [0.25, 0.3) is 5.91 Å². The van der Waals surface area contributed by atoms with Gasteiger partial charge < -0.3 is 25.6 Å². The number of carbonyl (C=O) groups excluding carboxylic acids is 1. The van der Waals surface area contributed by atoms with Gasteiger partial charge in [-0.2, -0.15) is 0 Å². The first kappa shape index (κ1) is 21.9. The van der Waals surface area contributed by atoms with E-state index >= 15 is 0 Å². The van der Waals surface area contributed by atoms with E-state index in [1.165, 1.54) is 0 Å². The quantitative estimate of drug-likeness (QED) is 0.311. The summed E-state index contributed by atoms with van der Waals surface area (Å²) >= 11 is 0. The van der Waals surface area contributed by atoms with Crippen molar-refractivity contribution in [1.29, 1.82) is 0 Å². The number of nitrogens with one attached hydrogen (secondary N) is 3. The van der Waals surface area contributed by atoms with Gasteiger partial charge in [0.05, 0.1) is 6.54 Å². The number of nitrogens with zero attached hydrogens (tertiary/aromatic N) is 2. The number of guanidine groups is 1. The van der Waals surface area contributed by atoms with E-state index in [0.717, 1.165) is 44.2 Å². The summed E-state index contributed by atoms with van der Waals surface area (Å²) in [4.78, 5) is 18.8. The monoisotopic (exact) mass is 363 g/mol. The fraction of sp³-hybridized carbons (Fsp3) is 0.579. The normalized spacial score (nSPS) is 11.5. The zero-order valence-electron chi connectivity index (χ0n) is 16.5. The van der Waals surface area contributed by atoms with Crippen molar-refractivity contribution in [3.05, 3.63) is 35.4 Å². The van der Waals surface area contributed by atoms with Crippen molar-refractivity contribution in [2.45, 2.75) is 19.9 Å². The predicted octanol–water partition coefficient (Wildman–Crippen LogP) is 1.07. The number of carbonyl (C=O) groups is 1. The van der Waals surface area contributed by atoms with Crippen molar-refractivity contribution in [2.75, 3.05) is 54.0 Å². The van der Waals surface area contributed by atoms with Crippen LogP contribution < -0.4 is 16.0 Å². The second kappa shape index (κ2) is 13.1. The average molecular weight is 364 g/mol. The summed E-state index contributed by atoms with van der Waals surface area (Å²) in [5.74, 6) is 0.715. The first-order valence-electron chi connectivity index (χ1n) is 9.09. The van der Waals surface area contributed by atoms with Gasteiger partial charge in [0.2, 0.25) is 0 Å². The fourth-order valence-electron chi connectivity index (χ4n) is 2.24. The Balaban J connectivity index is 2.60. The molecule has 0 saturated carbocycles. The number of amides is 1. The van der Waals surface area contributed by atoms with Gasteiger partial charge in [-0.15, -0.1) is 0 Å². The van der Waals surface area contributed by atoms with E-state index in [9.17, 15) is 4.79 Å². The molecular weight excluding hydrogens is 330 g/mol. The summed E-state index contributed by atoms with van der Waals surface area (Å²) in [7, 11) is 5.66. The van der Waals surface area contributed by atoms with Crippen molar-refractivity contribution in [3.8, 4) is 0 Å². The highest BCUT2D eigenvalue weighted by Crippen LogP contribution is 2.06. The molecule has 0 fully saturated rings. The number of rotatable bonds is 11. The van der Waals surface area contributed by atoms with E-state index in [2.05, 4.69) is 20.9 Å². The zero-order chi connectivity index (χ0) is 19.2. The predicted molar refractivity (Wildman–Crippen MR) is 107 cm³/mol. The largest absolute Gasteiger partial charge is 0.385 e. The van der Waals surface area contributed by atoms with E-state index in [4.69, 9.17) is 4.74 Å². The maximum atomic E-state index is 12.2. The topological polar surface area (TPSA) is 78.0 Å². The van der Waals surface area contributed by atoms with Crippen LogP contribution in [-0.4, -0.2) is 70.8 Å². The summed E-state index contributed by atoms with van der Waals surface area (Å²) < 4.78 is 5.05. The fourth-order valence-corrected chi connectivity index (χ4v) is 2.24.